The van der Waals surface area contributed by atoms with Gasteiger partial charge in [-0.1, -0.05) is 23.7 Å². The van der Waals surface area contributed by atoms with E-state index in [2.05, 4.69) is 20.9 Å². The van der Waals surface area contributed by atoms with Crippen LogP contribution in [0.2, 0.25) is 5.15 Å². The first-order valence-corrected chi connectivity index (χ1v) is 13.0. The van der Waals surface area contributed by atoms with E-state index in [0.717, 1.165) is 5.56 Å². The quantitative estimate of drug-likeness (QED) is 0.242. The summed E-state index contributed by atoms with van der Waals surface area (Å²) in [6, 6.07) is 13.0. The summed E-state index contributed by atoms with van der Waals surface area (Å²) in [6.45, 7) is 3.35. The molecule has 200 valence electrons. The summed E-state index contributed by atoms with van der Waals surface area (Å²) in [5.74, 6) is 0.241. The molecular weight excluding hydrogens is 546 g/mol. The van der Waals surface area contributed by atoms with Gasteiger partial charge in [0.25, 0.3) is 0 Å². The number of anilines is 3. The zero-order valence-corrected chi connectivity index (χ0v) is 22.3. The highest BCUT2D eigenvalue weighted by Crippen LogP contribution is 2.35. The topological polar surface area (TPSA) is 133 Å². The highest BCUT2D eigenvalue weighted by molar-refractivity contribution is 7.14. The van der Waals surface area contributed by atoms with Crippen molar-refractivity contribution in [3.8, 4) is 28.4 Å². The van der Waals surface area contributed by atoms with Crippen LogP contribution in [0.4, 0.5) is 21.3 Å². The standard InChI is InChI=1S/C26H22ClN5O6S/c1-3-36-24(34)23-18(30-25(35)29-16-6-9-20-21(10-16)38-13-37-20)11-22(27)32(23)17-7-4-15(5-8-17)19-12-39-26(31-19)28-14(2)33/h4-12H,3,13H2,1-2H3,(H,28,31,33)(H2,29,30,35). The number of hydrogen-bond acceptors (Lipinski definition) is 8. The Kier molecular flexibility index (Phi) is 7.39. The summed E-state index contributed by atoms with van der Waals surface area (Å²) in [5, 5.41) is 10.6. The first-order valence-electron chi connectivity index (χ1n) is 11.7. The number of amides is 3. The van der Waals surface area contributed by atoms with E-state index in [-0.39, 0.29) is 35.8 Å². The molecule has 3 N–H and O–H groups in total. The minimum absolute atomic E-state index is 0.0528. The Hall–Kier alpha value is -4.55. The van der Waals surface area contributed by atoms with E-state index >= 15 is 0 Å². The van der Waals surface area contributed by atoms with E-state index in [9.17, 15) is 14.4 Å². The summed E-state index contributed by atoms with van der Waals surface area (Å²) in [7, 11) is 0. The molecule has 0 fully saturated rings. The Morgan fingerprint density at radius 3 is 2.56 bits per heavy atom. The number of benzene rings is 2. The highest BCUT2D eigenvalue weighted by Gasteiger charge is 2.25. The van der Waals surface area contributed by atoms with Gasteiger partial charge in [-0.15, -0.1) is 11.3 Å². The number of hydrogen-bond donors (Lipinski definition) is 3. The van der Waals surface area contributed by atoms with E-state index in [4.69, 9.17) is 25.8 Å². The molecule has 2 aromatic carbocycles. The Morgan fingerprint density at radius 2 is 1.82 bits per heavy atom. The van der Waals surface area contributed by atoms with Gasteiger partial charge in [0.1, 0.15) is 5.15 Å². The van der Waals surface area contributed by atoms with Gasteiger partial charge in [0.15, 0.2) is 22.3 Å². The molecule has 11 nitrogen and oxygen atoms in total. The molecule has 0 saturated heterocycles. The lowest BCUT2D eigenvalue weighted by Crippen LogP contribution is -2.21. The molecule has 0 unspecified atom stereocenters. The largest absolute Gasteiger partial charge is 0.461 e. The predicted molar refractivity (Wildman–Crippen MR) is 147 cm³/mol. The van der Waals surface area contributed by atoms with Crippen molar-refractivity contribution in [3.63, 3.8) is 0 Å². The fraction of sp³-hybridized carbons (Fsp3) is 0.154. The van der Waals surface area contributed by atoms with Gasteiger partial charge in [-0.2, -0.15) is 0 Å². The molecule has 39 heavy (non-hydrogen) atoms. The number of urea groups is 1. The molecular formula is C26H22ClN5O6S. The van der Waals surface area contributed by atoms with Gasteiger partial charge in [-0.25, -0.2) is 14.6 Å². The van der Waals surface area contributed by atoms with Crippen molar-refractivity contribution in [1.29, 1.82) is 0 Å². The van der Waals surface area contributed by atoms with Crippen LogP contribution in [0.15, 0.2) is 53.9 Å². The Balaban J connectivity index is 1.40. The van der Waals surface area contributed by atoms with Crippen molar-refractivity contribution in [2.24, 2.45) is 0 Å². The number of carbonyl (C=O) groups excluding carboxylic acids is 3. The van der Waals surface area contributed by atoms with Crippen LogP contribution < -0.4 is 25.4 Å². The lowest BCUT2D eigenvalue weighted by molar-refractivity contribution is -0.114. The van der Waals surface area contributed by atoms with Gasteiger partial charge >= 0.3 is 12.0 Å². The third kappa shape index (κ3) is 5.66. The van der Waals surface area contributed by atoms with Crippen LogP contribution in [0.1, 0.15) is 24.3 Å². The number of fused-ring (bicyclic) bond motifs is 1. The number of nitrogens with zero attached hydrogens (tertiary/aromatic N) is 2. The maximum absolute atomic E-state index is 13.0. The average molecular weight is 568 g/mol. The van der Waals surface area contributed by atoms with Crippen molar-refractivity contribution in [3.05, 3.63) is 64.8 Å². The first kappa shape index (κ1) is 26.1. The molecule has 4 aromatic rings. The number of esters is 1. The second-order valence-electron chi connectivity index (χ2n) is 8.20. The normalized spacial score (nSPS) is 11.7. The number of thiazole rings is 1. The number of nitrogens with one attached hydrogen (secondary N) is 3. The van der Waals surface area contributed by atoms with Crippen LogP contribution in [-0.2, 0) is 9.53 Å². The summed E-state index contributed by atoms with van der Waals surface area (Å²) in [5.41, 5.74) is 2.74. The van der Waals surface area contributed by atoms with Gasteiger partial charge in [0, 0.05) is 41.4 Å². The lowest BCUT2D eigenvalue weighted by atomic mass is 10.1. The molecule has 0 aliphatic carbocycles. The number of ether oxygens (including phenoxy) is 3. The molecule has 0 spiro atoms. The van der Waals surface area contributed by atoms with Crippen LogP contribution >= 0.6 is 22.9 Å². The highest BCUT2D eigenvalue weighted by atomic mass is 35.5. The van der Waals surface area contributed by atoms with Crippen LogP contribution in [-0.4, -0.2) is 40.9 Å². The Bertz CT molecular complexity index is 1570. The fourth-order valence-corrected chi connectivity index (χ4v) is 4.94. The zero-order valence-electron chi connectivity index (χ0n) is 20.7. The van der Waals surface area contributed by atoms with Crippen LogP contribution in [0, 0.1) is 0 Å². The van der Waals surface area contributed by atoms with Crippen molar-refractivity contribution in [2.45, 2.75) is 13.8 Å². The van der Waals surface area contributed by atoms with E-state index in [1.54, 1.807) is 37.3 Å². The van der Waals surface area contributed by atoms with E-state index in [0.29, 0.717) is 33.7 Å². The van der Waals surface area contributed by atoms with Gasteiger partial charge in [-0.05, 0) is 31.2 Å². The molecule has 13 heteroatoms. The maximum Gasteiger partial charge on any atom is 0.357 e. The third-order valence-corrected chi connectivity index (χ3v) is 6.55. The SMILES string of the molecule is CCOC(=O)c1c(NC(=O)Nc2ccc3c(c2)OCO3)cc(Cl)n1-c1ccc(-c2csc(NC(C)=O)n2)cc1. The molecule has 1 aliphatic heterocycles. The second kappa shape index (κ2) is 11.1. The Labute approximate surface area is 231 Å². The smallest absolute Gasteiger partial charge is 0.357 e. The van der Waals surface area contributed by atoms with E-state index < -0.39 is 12.0 Å². The van der Waals surface area contributed by atoms with Crippen LogP contribution in [0.3, 0.4) is 0 Å². The van der Waals surface area contributed by atoms with Crippen molar-refractivity contribution < 1.29 is 28.6 Å². The summed E-state index contributed by atoms with van der Waals surface area (Å²) in [6.07, 6.45) is 0. The minimum atomic E-state index is -0.661. The monoisotopic (exact) mass is 567 g/mol. The first-order chi connectivity index (χ1) is 18.8. The van der Waals surface area contributed by atoms with Gasteiger partial charge < -0.3 is 30.2 Å². The molecule has 0 atom stereocenters. The summed E-state index contributed by atoms with van der Waals surface area (Å²) < 4.78 is 17.4. The van der Waals surface area contributed by atoms with E-state index in [1.165, 1.54) is 28.9 Å². The number of aromatic nitrogens is 2. The minimum Gasteiger partial charge on any atom is -0.461 e. The average Bonchev–Trinajstić information content (AvgIpc) is 3.62. The second-order valence-corrected chi connectivity index (χ2v) is 9.44. The van der Waals surface area contributed by atoms with Gasteiger partial charge in [-0.3, -0.25) is 9.36 Å². The zero-order chi connectivity index (χ0) is 27.5. The van der Waals surface area contributed by atoms with Crippen molar-refractivity contribution in [1.82, 2.24) is 9.55 Å². The fourth-order valence-electron chi connectivity index (χ4n) is 3.88. The molecule has 3 heterocycles. The summed E-state index contributed by atoms with van der Waals surface area (Å²) >= 11 is 7.86. The third-order valence-electron chi connectivity index (χ3n) is 5.51. The number of carbonyl (C=O) groups is 3. The summed E-state index contributed by atoms with van der Waals surface area (Å²) in [4.78, 5) is 41.5. The van der Waals surface area contributed by atoms with Crippen molar-refractivity contribution >= 4 is 57.4 Å². The maximum atomic E-state index is 13.0. The molecule has 0 bridgehead atoms. The molecule has 3 amide bonds. The Morgan fingerprint density at radius 1 is 1.05 bits per heavy atom. The molecule has 0 saturated carbocycles. The molecule has 5 rings (SSSR count). The molecule has 0 radical (unpaired) electrons. The van der Waals surface area contributed by atoms with Crippen molar-refractivity contribution in [2.75, 3.05) is 29.4 Å². The number of rotatable bonds is 7. The molecule has 2 aromatic heterocycles. The molecule has 1 aliphatic rings. The van der Waals surface area contributed by atoms with Gasteiger partial charge in [0.2, 0.25) is 12.7 Å². The lowest BCUT2D eigenvalue weighted by Gasteiger charge is -2.13. The van der Waals surface area contributed by atoms with Crippen LogP contribution in [0.25, 0.3) is 16.9 Å². The van der Waals surface area contributed by atoms with E-state index in [1.807, 2.05) is 17.5 Å². The van der Waals surface area contributed by atoms with Crippen LogP contribution in [0.5, 0.6) is 11.5 Å². The van der Waals surface area contributed by atoms with Gasteiger partial charge in [0.05, 0.1) is 18.0 Å². The number of halogens is 1. The predicted octanol–water partition coefficient (Wildman–Crippen LogP) is 5.76.